The van der Waals surface area contributed by atoms with E-state index in [0.29, 0.717) is 22.3 Å². The van der Waals surface area contributed by atoms with Crippen LogP contribution in [0.4, 0.5) is 0 Å². The fourth-order valence-corrected chi connectivity index (χ4v) is 5.98. The topological polar surface area (TPSA) is 106 Å². The second-order valence-corrected chi connectivity index (χ2v) is 10.5. The van der Waals surface area contributed by atoms with Crippen molar-refractivity contribution in [2.75, 3.05) is 33.3 Å². The van der Waals surface area contributed by atoms with Crippen molar-refractivity contribution in [1.82, 2.24) is 9.80 Å². The summed E-state index contributed by atoms with van der Waals surface area (Å²) < 4.78 is 5.17. The summed E-state index contributed by atoms with van der Waals surface area (Å²) in [6, 6.07) is 14.5. The molecule has 0 spiro atoms. The van der Waals surface area contributed by atoms with E-state index < -0.39 is 5.97 Å². The summed E-state index contributed by atoms with van der Waals surface area (Å²) in [5, 5.41) is 20.7. The number of ether oxygens (including phenoxy) is 1. The summed E-state index contributed by atoms with van der Waals surface area (Å²) in [5.74, 6) is 0.798. The van der Waals surface area contributed by atoms with Crippen LogP contribution >= 0.6 is 0 Å². The summed E-state index contributed by atoms with van der Waals surface area (Å²) in [4.78, 5) is 17.7. The van der Waals surface area contributed by atoms with Gasteiger partial charge in [0.2, 0.25) is 0 Å². The number of nitrogens with zero attached hydrogens (tertiary/aromatic N) is 4. The Hall–Kier alpha value is -4.23. The Bertz CT molecular complexity index is 1420. The molecule has 0 saturated carbocycles. The van der Waals surface area contributed by atoms with Gasteiger partial charge < -0.3 is 20.3 Å². The molecule has 7 heteroatoms. The van der Waals surface area contributed by atoms with Gasteiger partial charge in [-0.15, -0.1) is 0 Å². The first-order valence-corrected chi connectivity index (χ1v) is 13.4. The SMILES string of the molecule is COC(=O)c1cc(C2=C(C#N)C(N)=C(C#N)C2=C(N2CCCC2)N2CCCC2)c2cccc(C(C)C)cc1-2. The van der Waals surface area contributed by atoms with Gasteiger partial charge >= 0.3 is 5.97 Å². The highest BCUT2D eigenvalue weighted by Crippen LogP contribution is 2.49. The molecule has 2 fully saturated rings. The zero-order valence-electron chi connectivity index (χ0n) is 22.3. The number of methoxy groups -OCH3 is 1. The molecule has 0 atom stereocenters. The monoisotopic (exact) mass is 507 g/mol. The maximum atomic E-state index is 13.0. The minimum atomic E-state index is -0.439. The molecule has 0 radical (unpaired) electrons. The zero-order valence-corrected chi connectivity index (χ0v) is 22.3. The van der Waals surface area contributed by atoms with Crippen molar-refractivity contribution in [2.24, 2.45) is 5.73 Å². The molecule has 0 unspecified atom stereocenters. The predicted octanol–water partition coefficient (Wildman–Crippen LogP) is 5.13. The molecular formula is C31H33N5O2. The molecule has 38 heavy (non-hydrogen) atoms. The average molecular weight is 508 g/mol. The number of esters is 1. The van der Waals surface area contributed by atoms with Crippen molar-refractivity contribution in [2.45, 2.75) is 45.4 Å². The van der Waals surface area contributed by atoms with Crippen molar-refractivity contribution in [1.29, 1.82) is 10.5 Å². The molecule has 0 aromatic rings. The van der Waals surface area contributed by atoms with E-state index in [4.69, 9.17) is 10.5 Å². The van der Waals surface area contributed by atoms with Crippen LogP contribution in [0, 0.1) is 22.7 Å². The lowest BCUT2D eigenvalue weighted by molar-refractivity contribution is 0.0602. The summed E-state index contributed by atoms with van der Waals surface area (Å²) in [5.41, 5.74) is 12.5. The number of carbonyl (C=O) groups excluding carboxylic acids is 1. The van der Waals surface area contributed by atoms with E-state index in [9.17, 15) is 15.3 Å². The van der Waals surface area contributed by atoms with Gasteiger partial charge in [-0.3, -0.25) is 0 Å². The number of hydrogen-bond acceptors (Lipinski definition) is 7. The molecule has 194 valence electrons. The Morgan fingerprint density at radius 3 is 2.05 bits per heavy atom. The second-order valence-electron chi connectivity index (χ2n) is 10.5. The van der Waals surface area contributed by atoms with Gasteiger partial charge in [-0.05, 0) is 59.9 Å². The number of carbonyl (C=O) groups is 1. The average Bonchev–Trinajstić information content (AvgIpc) is 3.70. The summed E-state index contributed by atoms with van der Waals surface area (Å²) >= 11 is 0. The number of nitrogens with two attached hydrogens (primary N) is 1. The molecular weight excluding hydrogens is 474 g/mol. The molecule has 0 aromatic heterocycles. The second kappa shape index (κ2) is 10.3. The maximum Gasteiger partial charge on any atom is 0.338 e. The van der Waals surface area contributed by atoms with E-state index in [1.165, 1.54) is 7.11 Å². The molecule has 5 aliphatic rings. The van der Waals surface area contributed by atoms with Crippen molar-refractivity contribution in [3.05, 3.63) is 75.3 Å². The van der Waals surface area contributed by atoms with Gasteiger partial charge in [0.1, 0.15) is 18.0 Å². The van der Waals surface area contributed by atoms with E-state index in [1.54, 1.807) is 0 Å². The van der Waals surface area contributed by atoms with Crippen LogP contribution in [0.3, 0.4) is 0 Å². The van der Waals surface area contributed by atoms with E-state index >= 15 is 0 Å². The highest BCUT2D eigenvalue weighted by molar-refractivity contribution is 6.08. The fraction of sp³-hybridized carbons (Fsp3) is 0.387. The Morgan fingerprint density at radius 2 is 1.53 bits per heavy atom. The molecule has 2 aliphatic heterocycles. The third-order valence-corrected chi connectivity index (χ3v) is 7.91. The first kappa shape index (κ1) is 25.4. The van der Waals surface area contributed by atoms with Gasteiger partial charge in [0.25, 0.3) is 0 Å². The Morgan fingerprint density at radius 1 is 0.921 bits per heavy atom. The van der Waals surface area contributed by atoms with Crippen LogP contribution in [0.5, 0.6) is 0 Å². The third kappa shape index (κ3) is 4.09. The number of hydrogen-bond donors (Lipinski definition) is 1. The lowest BCUT2D eigenvalue weighted by atomic mass is 9.93. The van der Waals surface area contributed by atoms with Crippen LogP contribution in [-0.4, -0.2) is 49.1 Å². The van der Waals surface area contributed by atoms with Crippen molar-refractivity contribution < 1.29 is 9.53 Å². The van der Waals surface area contributed by atoms with E-state index in [1.807, 2.05) is 30.3 Å². The maximum absolute atomic E-state index is 13.0. The Labute approximate surface area is 224 Å². The molecule has 5 rings (SSSR count). The molecule has 3 aliphatic carbocycles. The first-order chi connectivity index (χ1) is 18.4. The molecule has 0 bridgehead atoms. The van der Waals surface area contributed by atoms with Gasteiger partial charge in [0.15, 0.2) is 0 Å². The minimum Gasteiger partial charge on any atom is -0.465 e. The highest BCUT2D eigenvalue weighted by Gasteiger charge is 2.38. The molecule has 0 amide bonds. The van der Waals surface area contributed by atoms with Crippen molar-refractivity contribution in [3.63, 3.8) is 0 Å². The normalized spacial score (nSPS) is 17.6. The zero-order chi connectivity index (χ0) is 27.0. The van der Waals surface area contributed by atoms with Crippen LogP contribution in [0.2, 0.25) is 0 Å². The largest absolute Gasteiger partial charge is 0.465 e. The first-order valence-electron chi connectivity index (χ1n) is 13.4. The summed E-state index contributed by atoms with van der Waals surface area (Å²) in [6.45, 7) is 7.80. The van der Waals surface area contributed by atoms with Crippen molar-refractivity contribution in [3.8, 4) is 23.3 Å². The van der Waals surface area contributed by atoms with E-state index in [2.05, 4.69) is 35.8 Å². The van der Waals surface area contributed by atoms with E-state index in [0.717, 1.165) is 79.9 Å². The van der Waals surface area contributed by atoms with Crippen LogP contribution in [0.1, 0.15) is 66.9 Å². The highest BCUT2D eigenvalue weighted by atomic mass is 16.5. The minimum absolute atomic E-state index is 0.202. The van der Waals surface area contributed by atoms with Crippen LogP contribution in [0.25, 0.3) is 16.7 Å². The smallest absolute Gasteiger partial charge is 0.338 e. The van der Waals surface area contributed by atoms with E-state index in [-0.39, 0.29) is 17.2 Å². The van der Waals surface area contributed by atoms with Gasteiger partial charge in [0, 0.05) is 37.3 Å². The van der Waals surface area contributed by atoms with Gasteiger partial charge in [-0.1, -0.05) is 38.1 Å². The number of allylic oxidation sites excluding steroid dienone is 4. The number of likely N-dealkylation sites (tertiary alicyclic amines) is 2. The standard InChI is InChI=1S/C31H33N5O2/c1-19(2)20-9-8-10-21-22(15-20)24(31(37)38-3)16-23(21)27-25(17-32)29(34)26(18-33)28(27)30(35-11-4-5-12-35)36-13-6-7-14-36/h8-10,15-16,19H,4-7,11-14,34H2,1-3H3. The molecule has 2 N–H and O–H groups in total. The molecule has 2 saturated heterocycles. The Kier molecular flexibility index (Phi) is 6.87. The molecule has 7 nitrogen and oxygen atoms in total. The number of nitriles is 2. The summed E-state index contributed by atoms with van der Waals surface area (Å²) in [6.07, 6.45) is 4.32. The fourth-order valence-electron chi connectivity index (χ4n) is 5.98. The third-order valence-electron chi connectivity index (χ3n) is 7.91. The van der Waals surface area contributed by atoms with Crippen LogP contribution in [0.15, 0.2) is 58.6 Å². The van der Waals surface area contributed by atoms with Crippen LogP contribution in [-0.2, 0) is 4.74 Å². The lowest BCUT2D eigenvalue weighted by Crippen LogP contribution is -2.34. The predicted molar refractivity (Wildman–Crippen MR) is 146 cm³/mol. The summed E-state index contributed by atoms with van der Waals surface area (Å²) in [7, 11) is 1.38. The van der Waals surface area contributed by atoms with Gasteiger partial charge in [-0.25, -0.2) is 4.79 Å². The number of fused-ring (bicyclic) bond motifs is 1. The van der Waals surface area contributed by atoms with Gasteiger partial charge in [0.05, 0.1) is 29.5 Å². The van der Waals surface area contributed by atoms with Crippen LogP contribution < -0.4 is 5.73 Å². The Balaban J connectivity index is 1.85. The van der Waals surface area contributed by atoms with Gasteiger partial charge in [-0.2, -0.15) is 10.5 Å². The number of rotatable bonds is 5. The molecule has 2 heterocycles. The molecule has 0 aromatic carbocycles. The quantitative estimate of drug-likeness (QED) is 0.559. The lowest BCUT2D eigenvalue weighted by Gasteiger charge is -2.33. The van der Waals surface area contributed by atoms with Crippen molar-refractivity contribution >= 4 is 11.5 Å².